The van der Waals surface area contributed by atoms with Crippen LogP contribution in [0.25, 0.3) is 0 Å². The third kappa shape index (κ3) is 3.45. The van der Waals surface area contributed by atoms with Gasteiger partial charge in [0.25, 0.3) is 5.91 Å². The molecule has 2 atom stereocenters. The molecule has 0 bridgehead atoms. The summed E-state index contributed by atoms with van der Waals surface area (Å²) in [4.78, 5) is 12.6. The van der Waals surface area contributed by atoms with E-state index in [1.807, 2.05) is 45.0 Å². The summed E-state index contributed by atoms with van der Waals surface area (Å²) in [5, 5.41) is 3.17. The van der Waals surface area contributed by atoms with E-state index in [2.05, 4.69) is 23.5 Å². The number of aryl methyl sites for hydroxylation is 2. The van der Waals surface area contributed by atoms with Crippen LogP contribution in [0, 0.1) is 13.8 Å². The second-order valence-electron chi connectivity index (χ2n) is 6.61. The number of benzene rings is 2. The first kappa shape index (κ1) is 16.6. The first-order valence-corrected chi connectivity index (χ1v) is 8.67. The molecule has 0 spiro atoms. The molecule has 2 aromatic rings. The average molecular weight is 323 g/mol. The van der Waals surface area contributed by atoms with Gasteiger partial charge in [-0.2, -0.15) is 0 Å². The van der Waals surface area contributed by atoms with Crippen LogP contribution in [-0.4, -0.2) is 12.0 Å². The van der Waals surface area contributed by atoms with Gasteiger partial charge in [-0.25, -0.2) is 0 Å². The van der Waals surface area contributed by atoms with Crippen molar-refractivity contribution in [3.8, 4) is 5.75 Å². The number of hydrogen-bond donors (Lipinski definition) is 1. The minimum atomic E-state index is -0.514. The molecule has 0 heterocycles. The number of carbonyl (C=O) groups excluding carboxylic acids is 1. The zero-order chi connectivity index (χ0) is 17.1. The highest BCUT2D eigenvalue weighted by atomic mass is 16.5. The van der Waals surface area contributed by atoms with Crippen molar-refractivity contribution in [3.63, 3.8) is 0 Å². The number of fused-ring (bicyclic) bond motifs is 1. The molecule has 0 unspecified atom stereocenters. The molecule has 0 radical (unpaired) electrons. The molecule has 0 fully saturated rings. The van der Waals surface area contributed by atoms with E-state index in [0.29, 0.717) is 0 Å². The number of nitrogens with one attached hydrogen (secondary N) is 1. The topological polar surface area (TPSA) is 38.3 Å². The highest BCUT2D eigenvalue weighted by Crippen LogP contribution is 2.29. The van der Waals surface area contributed by atoms with Gasteiger partial charge in [0.15, 0.2) is 6.10 Å². The van der Waals surface area contributed by atoms with Crippen molar-refractivity contribution < 1.29 is 9.53 Å². The predicted molar refractivity (Wildman–Crippen MR) is 96.3 cm³/mol. The largest absolute Gasteiger partial charge is 0.481 e. The Kier molecular flexibility index (Phi) is 4.89. The first-order valence-electron chi connectivity index (χ1n) is 8.67. The minimum Gasteiger partial charge on any atom is -0.481 e. The van der Waals surface area contributed by atoms with Crippen molar-refractivity contribution in [1.82, 2.24) is 5.32 Å². The monoisotopic (exact) mass is 323 g/mol. The molecule has 1 aliphatic carbocycles. The lowest BCUT2D eigenvalue weighted by Gasteiger charge is -2.27. The Morgan fingerprint density at radius 1 is 1.17 bits per heavy atom. The Labute approximate surface area is 144 Å². The van der Waals surface area contributed by atoms with E-state index < -0.39 is 6.10 Å². The minimum absolute atomic E-state index is 0.0578. The van der Waals surface area contributed by atoms with Crippen LogP contribution in [0.15, 0.2) is 42.5 Å². The summed E-state index contributed by atoms with van der Waals surface area (Å²) in [7, 11) is 0. The fraction of sp³-hybridized carbons (Fsp3) is 0.381. The molecule has 0 aliphatic heterocycles. The highest BCUT2D eigenvalue weighted by Gasteiger charge is 2.24. The van der Waals surface area contributed by atoms with Gasteiger partial charge in [0.2, 0.25) is 0 Å². The van der Waals surface area contributed by atoms with Crippen molar-refractivity contribution in [2.75, 3.05) is 0 Å². The molecule has 1 aliphatic rings. The summed E-state index contributed by atoms with van der Waals surface area (Å²) >= 11 is 0. The third-order valence-corrected chi connectivity index (χ3v) is 4.91. The van der Waals surface area contributed by atoms with Gasteiger partial charge in [0, 0.05) is 0 Å². The van der Waals surface area contributed by atoms with Crippen LogP contribution in [0.1, 0.15) is 48.1 Å². The van der Waals surface area contributed by atoms with Gasteiger partial charge in [-0.05, 0) is 68.4 Å². The van der Waals surface area contributed by atoms with Crippen LogP contribution < -0.4 is 10.1 Å². The molecular weight excluding hydrogens is 298 g/mol. The Morgan fingerprint density at radius 3 is 2.79 bits per heavy atom. The van der Waals surface area contributed by atoms with Crippen LogP contribution in [0.3, 0.4) is 0 Å². The first-order chi connectivity index (χ1) is 11.6. The number of hydrogen-bond acceptors (Lipinski definition) is 2. The van der Waals surface area contributed by atoms with Gasteiger partial charge in [-0.3, -0.25) is 4.79 Å². The van der Waals surface area contributed by atoms with Gasteiger partial charge < -0.3 is 10.1 Å². The molecule has 1 amide bonds. The maximum Gasteiger partial charge on any atom is 0.261 e. The van der Waals surface area contributed by atoms with E-state index in [1.54, 1.807) is 0 Å². The Morgan fingerprint density at radius 2 is 1.96 bits per heavy atom. The summed E-state index contributed by atoms with van der Waals surface area (Å²) in [6.07, 6.45) is 2.67. The van der Waals surface area contributed by atoms with Crippen molar-refractivity contribution in [3.05, 3.63) is 64.7 Å². The molecule has 0 saturated heterocycles. The summed E-state index contributed by atoms with van der Waals surface area (Å²) in [6.45, 7) is 5.88. The maximum absolute atomic E-state index is 12.6. The molecule has 0 aromatic heterocycles. The predicted octanol–water partition coefficient (Wildman–Crippen LogP) is 4.26. The Balaban J connectivity index is 1.68. The number of carbonyl (C=O) groups is 1. The number of amides is 1. The highest BCUT2D eigenvalue weighted by molar-refractivity contribution is 5.81. The molecule has 2 aromatic carbocycles. The Bertz CT molecular complexity index is 738. The van der Waals surface area contributed by atoms with E-state index in [1.165, 1.54) is 16.7 Å². The number of rotatable bonds is 4. The zero-order valence-corrected chi connectivity index (χ0v) is 14.6. The summed E-state index contributed by atoms with van der Waals surface area (Å²) in [5.74, 6) is 0.722. The van der Waals surface area contributed by atoms with Crippen LogP contribution in [0.4, 0.5) is 0 Å². The summed E-state index contributed by atoms with van der Waals surface area (Å²) in [5.41, 5.74) is 4.84. The molecular formula is C21H25NO2. The van der Waals surface area contributed by atoms with Crippen molar-refractivity contribution in [1.29, 1.82) is 0 Å². The average Bonchev–Trinajstić information content (AvgIpc) is 2.59. The van der Waals surface area contributed by atoms with E-state index >= 15 is 0 Å². The van der Waals surface area contributed by atoms with Crippen LogP contribution in [-0.2, 0) is 11.2 Å². The fourth-order valence-corrected chi connectivity index (χ4v) is 3.29. The van der Waals surface area contributed by atoms with E-state index in [0.717, 1.165) is 30.6 Å². The molecule has 0 saturated carbocycles. The third-order valence-electron chi connectivity index (χ3n) is 4.91. The molecule has 24 heavy (non-hydrogen) atoms. The summed E-state index contributed by atoms with van der Waals surface area (Å²) < 4.78 is 5.91. The number of ether oxygens (including phenoxy) is 1. The van der Waals surface area contributed by atoms with Gasteiger partial charge in [-0.1, -0.05) is 36.4 Å². The van der Waals surface area contributed by atoms with Crippen LogP contribution >= 0.6 is 0 Å². The standard InChI is InChI=1S/C21H25NO2/c1-14-8-6-13-20(15(14)2)24-16(3)21(23)22-19-12-7-10-17-9-4-5-11-18(17)19/h4-6,8-9,11,13,16,19H,7,10,12H2,1-3H3,(H,22,23)/t16-,19-/m0/s1. The maximum atomic E-state index is 12.6. The Hall–Kier alpha value is -2.29. The van der Waals surface area contributed by atoms with Crippen molar-refractivity contribution >= 4 is 5.91 Å². The van der Waals surface area contributed by atoms with Gasteiger partial charge in [0.05, 0.1) is 6.04 Å². The smallest absolute Gasteiger partial charge is 0.261 e. The molecule has 3 rings (SSSR count). The van der Waals surface area contributed by atoms with Crippen LogP contribution in [0.5, 0.6) is 5.75 Å². The summed E-state index contributed by atoms with van der Waals surface area (Å²) in [6, 6.07) is 14.4. The SMILES string of the molecule is Cc1cccc(O[C@@H](C)C(=O)N[C@H]2CCCc3ccccc32)c1C. The quantitative estimate of drug-likeness (QED) is 0.913. The molecule has 1 N–H and O–H groups in total. The van der Waals surface area contributed by atoms with E-state index in [-0.39, 0.29) is 11.9 Å². The molecule has 3 nitrogen and oxygen atoms in total. The normalized spacial score (nSPS) is 17.7. The molecule has 3 heteroatoms. The van der Waals surface area contributed by atoms with Gasteiger partial charge >= 0.3 is 0 Å². The lowest BCUT2D eigenvalue weighted by atomic mass is 9.87. The second kappa shape index (κ2) is 7.08. The van der Waals surface area contributed by atoms with Gasteiger partial charge in [0.1, 0.15) is 5.75 Å². The van der Waals surface area contributed by atoms with E-state index in [9.17, 15) is 4.79 Å². The lowest BCUT2D eigenvalue weighted by Crippen LogP contribution is -2.39. The van der Waals surface area contributed by atoms with Crippen molar-refractivity contribution in [2.45, 2.75) is 52.2 Å². The van der Waals surface area contributed by atoms with Crippen molar-refractivity contribution in [2.24, 2.45) is 0 Å². The van der Waals surface area contributed by atoms with Crippen LogP contribution in [0.2, 0.25) is 0 Å². The van der Waals surface area contributed by atoms with Gasteiger partial charge in [-0.15, -0.1) is 0 Å². The van der Waals surface area contributed by atoms with E-state index in [4.69, 9.17) is 4.74 Å². The zero-order valence-electron chi connectivity index (χ0n) is 14.6. The lowest BCUT2D eigenvalue weighted by molar-refractivity contribution is -0.128. The second-order valence-corrected chi connectivity index (χ2v) is 6.61. The molecule has 126 valence electrons. The fourth-order valence-electron chi connectivity index (χ4n) is 3.29.